The highest BCUT2D eigenvalue weighted by Crippen LogP contribution is 2.33. The SMILES string of the molecule is CS(=O)(=O)c1ccccc1OC[C@@H]1CNCCO[C@H]1c1ccc(Cl)c(Cl)c1.Cl. The minimum Gasteiger partial charge on any atom is -0.492 e. The lowest BCUT2D eigenvalue weighted by atomic mass is 9.96. The Kier molecular flexibility index (Phi) is 8.43. The molecular weight excluding hydrogens is 445 g/mol. The molecule has 2 aromatic rings. The molecule has 2 aromatic carbocycles. The third-order valence-electron chi connectivity index (χ3n) is 4.38. The first-order valence-corrected chi connectivity index (χ1v) is 11.2. The van der Waals surface area contributed by atoms with Gasteiger partial charge in [-0.2, -0.15) is 0 Å². The Labute approximate surface area is 181 Å². The van der Waals surface area contributed by atoms with Crippen molar-refractivity contribution in [2.75, 3.05) is 32.6 Å². The molecule has 0 aromatic heterocycles. The van der Waals surface area contributed by atoms with Crippen molar-refractivity contribution >= 4 is 45.4 Å². The van der Waals surface area contributed by atoms with Crippen molar-refractivity contribution in [3.8, 4) is 5.75 Å². The summed E-state index contributed by atoms with van der Waals surface area (Å²) in [7, 11) is -3.37. The van der Waals surface area contributed by atoms with Crippen molar-refractivity contribution in [2.45, 2.75) is 11.0 Å². The lowest BCUT2D eigenvalue weighted by Crippen LogP contribution is -2.29. The van der Waals surface area contributed by atoms with E-state index in [1.54, 1.807) is 36.4 Å². The van der Waals surface area contributed by atoms with E-state index in [2.05, 4.69) is 5.32 Å². The molecule has 28 heavy (non-hydrogen) atoms. The third-order valence-corrected chi connectivity index (χ3v) is 6.26. The second-order valence-corrected chi connectivity index (χ2v) is 9.26. The van der Waals surface area contributed by atoms with E-state index in [0.29, 0.717) is 35.6 Å². The van der Waals surface area contributed by atoms with Gasteiger partial charge in [0.15, 0.2) is 9.84 Å². The number of nitrogens with one attached hydrogen (secondary N) is 1. The molecule has 154 valence electrons. The Morgan fingerprint density at radius 1 is 1.18 bits per heavy atom. The summed E-state index contributed by atoms with van der Waals surface area (Å²) in [5.74, 6) is 0.314. The van der Waals surface area contributed by atoms with E-state index >= 15 is 0 Å². The van der Waals surface area contributed by atoms with E-state index in [0.717, 1.165) is 12.1 Å². The Morgan fingerprint density at radius 3 is 2.64 bits per heavy atom. The van der Waals surface area contributed by atoms with Crippen LogP contribution >= 0.6 is 35.6 Å². The van der Waals surface area contributed by atoms with Gasteiger partial charge in [-0.05, 0) is 29.8 Å². The first-order chi connectivity index (χ1) is 12.9. The topological polar surface area (TPSA) is 64.6 Å². The third kappa shape index (κ3) is 5.75. The minimum atomic E-state index is -3.37. The maximum Gasteiger partial charge on any atom is 0.179 e. The first kappa shape index (κ1) is 23.3. The summed E-state index contributed by atoms with van der Waals surface area (Å²) < 4.78 is 35.9. The van der Waals surface area contributed by atoms with Crippen molar-refractivity contribution in [1.29, 1.82) is 0 Å². The molecule has 1 aliphatic heterocycles. The van der Waals surface area contributed by atoms with Gasteiger partial charge in [-0.3, -0.25) is 0 Å². The van der Waals surface area contributed by atoms with Gasteiger partial charge in [-0.25, -0.2) is 8.42 Å². The predicted molar refractivity (Wildman–Crippen MR) is 114 cm³/mol. The van der Waals surface area contributed by atoms with E-state index < -0.39 is 9.84 Å². The summed E-state index contributed by atoms with van der Waals surface area (Å²) in [6.45, 7) is 2.26. The van der Waals surface area contributed by atoms with Crippen LogP contribution in [0.25, 0.3) is 0 Å². The first-order valence-electron chi connectivity index (χ1n) is 8.55. The van der Waals surface area contributed by atoms with Gasteiger partial charge in [0.1, 0.15) is 10.6 Å². The van der Waals surface area contributed by atoms with Gasteiger partial charge in [-0.1, -0.05) is 41.4 Å². The smallest absolute Gasteiger partial charge is 0.179 e. The Hall–Kier alpha value is -1.02. The summed E-state index contributed by atoms with van der Waals surface area (Å²) in [5.41, 5.74) is 0.915. The largest absolute Gasteiger partial charge is 0.492 e. The number of ether oxygens (including phenoxy) is 2. The summed E-state index contributed by atoms with van der Waals surface area (Å²) in [6.07, 6.45) is 0.935. The van der Waals surface area contributed by atoms with Gasteiger partial charge >= 0.3 is 0 Å². The van der Waals surface area contributed by atoms with E-state index in [4.69, 9.17) is 32.7 Å². The number of sulfone groups is 1. The van der Waals surface area contributed by atoms with Crippen LogP contribution in [-0.2, 0) is 14.6 Å². The van der Waals surface area contributed by atoms with Gasteiger partial charge in [0, 0.05) is 25.3 Å². The molecule has 1 N–H and O–H groups in total. The molecule has 0 radical (unpaired) electrons. The van der Waals surface area contributed by atoms with E-state index in [9.17, 15) is 8.42 Å². The fourth-order valence-electron chi connectivity index (χ4n) is 3.07. The number of rotatable bonds is 5. The van der Waals surface area contributed by atoms with Crippen LogP contribution in [0.5, 0.6) is 5.75 Å². The van der Waals surface area contributed by atoms with E-state index in [1.807, 2.05) is 6.07 Å². The van der Waals surface area contributed by atoms with Crippen LogP contribution in [0.2, 0.25) is 10.0 Å². The highest BCUT2D eigenvalue weighted by atomic mass is 35.5. The Bertz CT molecular complexity index is 908. The number of halogens is 3. The number of para-hydroxylation sites is 1. The molecule has 5 nitrogen and oxygen atoms in total. The molecule has 0 bridgehead atoms. The zero-order valence-electron chi connectivity index (χ0n) is 15.2. The van der Waals surface area contributed by atoms with Crippen LogP contribution < -0.4 is 10.1 Å². The molecule has 0 aliphatic carbocycles. The quantitative estimate of drug-likeness (QED) is 0.716. The molecule has 9 heteroatoms. The van der Waals surface area contributed by atoms with Crippen molar-refractivity contribution in [3.05, 3.63) is 58.1 Å². The van der Waals surface area contributed by atoms with Crippen LogP contribution in [0.4, 0.5) is 0 Å². The van der Waals surface area contributed by atoms with Gasteiger partial charge in [0.2, 0.25) is 0 Å². The van der Waals surface area contributed by atoms with E-state index in [-0.39, 0.29) is 29.3 Å². The van der Waals surface area contributed by atoms with E-state index in [1.165, 1.54) is 6.26 Å². The maximum atomic E-state index is 12.0. The van der Waals surface area contributed by atoms with Gasteiger partial charge < -0.3 is 14.8 Å². The second-order valence-electron chi connectivity index (χ2n) is 6.46. The summed E-state index contributed by atoms with van der Waals surface area (Å²) in [6, 6.07) is 12.1. The van der Waals surface area contributed by atoms with Crippen molar-refractivity contribution in [2.24, 2.45) is 5.92 Å². The van der Waals surface area contributed by atoms with Crippen LogP contribution in [0.15, 0.2) is 47.4 Å². The molecule has 0 amide bonds. The monoisotopic (exact) mass is 465 g/mol. The lowest BCUT2D eigenvalue weighted by molar-refractivity contribution is 0.0150. The van der Waals surface area contributed by atoms with Crippen molar-refractivity contribution < 1.29 is 17.9 Å². The highest BCUT2D eigenvalue weighted by Gasteiger charge is 2.28. The predicted octanol–water partition coefficient (Wildman–Crippen LogP) is 4.17. The van der Waals surface area contributed by atoms with Crippen LogP contribution in [-0.4, -0.2) is 41.0 Å². The molecular formula is C19H22Cl3NO4S. The number of hydrogen-bond acceptors (Lipinski definition) is 5. The summed E-state index contributed by atoms with van der Waals surface area (Å²) >= 11 is 12.2. The fourth-order valence-corrected chi connectivity index (χ4v) is 4.19. The summed E-state index contributed by atoms with van der Waals surface area (Å²) in [5, 5.41) is 4.28. The molecule has 1 aliphatic rings. The Balaban J connectivity index is 0.00000280. The normalized spacial score (nSPS) is 20.1. The molecule has 3 rings (SSSR count). The van der Waals surface area contributed by atoms with Gasteiger partial charge in [-0.15, -0.1) is 12.4 Å². The zero-order chi connectivity index (χ0) is 19.4. The standard InChI is InChI=1S/C19H21Cl2NO4S.ClH/c1-27(23,24)18-5-3-2-4-17(18)26-12-14-11-22-8-9-25-19(14)13-6-7-15(20)16(21)10-13;/h2-7,10,14,19,22H,8-9,11-12H2,1H3;1H/t14-,19-;/m0./s1. The second kappa shape index (κ2) is 10.1. The molecule has 0 spiro atoms. The lowest BCUT2D eigenvalue weighted by Gasteiger charge is -2.26. The van der Waals surface area contributed by atoms with Crippen LogP contribution in [0.1, 0.15) is 11.7 Å². The molecule has 2 atom stereocenters. The van der Waals surface area contributed by atoms with Gasteiger partial charge in [0.05, 0.1) is 29.4 Å². The Morgan fingerprint density at radius 2 is 1.93 bits per heavy atom. The zero-order valence-corrected chi connectivity index (χ0v) is 18.4. The van der Waals surface area contributed by atoms with Crippen molar-refractivity contribution in [1.82, 2.24) is 5.32 Å². The molecule has 1 fully saturated rings. The average molecular weight is 467 g/mol. The molecule has 1 saturated heterocycles. The molecule has 1 heterocycles. The molecule has 0 saturated carbocycles. The van der Waals surface area contributed by atoms with Crippen LogP contribution in [0.3, 0.4) is 0 Å². The number of benzene rings is 2. The fraction of sp³-hybridized carbons (Fsp3) is 0.368. The van der Waals surface area contributed by atoms with Gasteiger partial charge in [0.25, 0.3) is 0 Å². The maximum absolute atomic E-state index is 12.0. The molecule has 0 unspecified atom stereocenters. The van der Waals surface area contributed by atoms with Crippen LogP contribution in [0, 0.1) is 5.92 Å². The minimum absolute atomic E-state index is 0. The number of hydrogen-bond donors (Lipinski definition) is 1. The average Bonchev–Trinajstić information content (AvgIpc) is 2.87. The highest BCUT2D eigenvalue weighted by molar-refractivity contribution is 7.90. The summed E-state index contributed by atoms with van der Waals surface area (Å²) in [4.78, 5) is 0.179. The van der Waals surface area contributed by atoms with Crippen molar-refractivity contribution in [3.63, 3.8) is 0 Å².